The van der Waals surface area contributed by atoms with Crippen LogP contribution in [0.2, 0.25) is 26.6 Å². The summed E-state index contributed by atoms with van der Waals surface area (Å²) in [5.41, 5.74) is 11.4. The number of carbonyl (C=O) groups is 1. The number of nitrogens with two attached hydrogens (primary N) is 1. The number of nitrogens with one attached hydrogen (secondary N) is 3. The Hall–Kier alpha value is -7.64. The second kappa shape index (κ2) is 63.4. The molecule has 5 aromatic heterocycles. The van der Waals surface area contributed by atoms with Crippen molar-refractivity contribution in [2.75, 3.05) is 111 Å². The van der Waals surface area contributed by atoms with E-state index in [1.807, 2.05) is 85.8 Å². The van der Waals surface area contributed by atoms with Crippen LogP contribution in [0.25, 0.3) is 0 Å². The van der Waals surface area contributed by atoms with E-state index >= 15 is 0 Å². The Morgan fingerprint density at radius 2 is 0.742 bits per heavy atom. The summed E-state index contributed by atoms with van der Waals surface area (Å²) in [6.45, 7) is 35.2. The quantitative estimate of drug-likeness (QED) is 0.0157. The monoisotopic (exact) mass is 1990 g/mol. The zero-order chi connectivity index (χ0) is 91.9. The Morgan fingerprint density at radius 3 is 1.02 bits per heavy atom. The average molecular weight is 1990 g/mol. The first-order valence-electron chi connectivity index (χ1n) is 45.9. The van der Waals surface area contributed by atoms with Gasteiger partial charge in [0.15, 0.2) is 18.1 Å². The van der Waals surface area contributed by atoms with Crippen LogP contribution in [0.5, 0.6) is 29.4 Å². The van der Waals surface area contributed by atoms with E-state index < -0.39 is 42.2 Å². The molecule has 10 atom stereocenters. The maximum atomic E-state index is 10.1. The van der Waals surface area contributed by atoms with Crippen LogP contribution in [0, 0.1) is 5.41 Å². The Morgan fingerprint density at radius 1 is 0.430 bits per heavy atom. The summed E-state index contributed by atoms with van der Waals surface area (Å²) >= 11 is -4.22. The van der Waals surface area contributed by atoms with Crippen molar-refractivity contribution in [2.45, 2.75) is 262 Å². The molecule has 3 fully saturated rings. The number of ether oxygens (including phenoxy) is 12. The van der Waals surface area contributed by atoms with Gasteiger partial charge in [-0.05, 0) is 70.0 Å². The van der Waals surface area contributed by atoms with Gasteiger partial charge in [0.1, 0.15) is 36.4 Å². The van der Waals surface area contributed by atoms with Crippen molar-refractivity contribution in [3.63, 3.8) is 0 Å². The molecule has 128 heavy (non-hydrogen) atoms. The molecule has 5 aliphatic rings. The van der Waals surface area contributed by atoms with Gasteiger partial charge in [-0.3, -0.25) is 4.79 Å². The number of hydrogen-bond donors (Lipinski definition) is 4. The normalized spacial score (nSPS) is 19.3. The molecule has 0 saturated carbocycles. The summed E-state index contributed by atoms with van der Waals surface area (Å²) in [5, 5.41) is 49.4. The second-order valence-electron chi connectivity index (χ2n) is 33.8. The molecule has 10 heterocycles. The van der Waals surface area contributed by atoms with Crippen molar-refractivity contribution in [1.82, 2.24) is 66.9 Å². The molecule has 12 rings (SSSR count). The summed E-state index contributed by atoms with van der Waals surface area (Å²) in [5.74, 6) is 3.92. The number of aromatic nitrogens is 10. The molecule has 0 amide bonds. The maximum absolute atomic E-state index is 10.1. The number of hydrogen-bond acceptors (Lipinski definition) is 30. The summed E-state index contributed by atoms with van der Waals surface area (Å²) < 4.78 is 76.4. The maximum Gasteiger partial charge on any atom is 0.233 e. The Balaban J connectivity index is 0.000000270. The molecule has 0 aliphatic carbocycles. The van der Waals surface area contributed by atoms with Crippen molar-refractivity contribution in [1.29, 1.82) is 0 Å². The topological polar surface area (TPSA) is 356 Å². The molecule has 30 nitrogen and oxygen atoms in total. The third kappa shape index (κ3) is 41.0. The second-order valence-corrected chi connectivity index (χ2v) is 61.2. The standard InChI is InChI=1S/C21H22N2O2.3C10H15N3O2.C10H14N3O2.C6H6N2O2.C4H10NO.6C4H9.CH4.2Sn/c1-21(2,19-22-17(13-24-19)15-9-5-3-6-10-15)20-23-18(14-25-20)16-11-7-4-8-12-16;3*1-7-5-15-6-9(11-7)8-3-4-10(14-2)13-12-8;1-8(7-14-2)11-6-9-4-5-10(15-3)13-12-9;1-10-6-3-2-5(4-9)7-8-6;1-4(5)3-6-2;6*1-3-4-2;;;/h3-12,17-18H,13-14H2,1-2H3;3*3-4,7,9,11H,5-6H2,1-2H3;4-6,8H,2,7H2,1,3H3;2-4H,1H3;4H,2-3,5H2,1H3;6*1,3-4H2,2H3;1H4;;/t17-,18-;2*7-,9-;;;;;;;;;;;;;/m110............./s1. The molecule has 0 radical (unpaired) electrons. The molecular weight excluding hydrogens is 1840 g/mol. The van der Waals surface area contributed by atoms with Gasteiger partial charge in [-0.25, -0.2) is 9.98 Å². The van der Waals surface area contributed by atoms with Crippen LogP contribution in [0.3, 0.4) is 0 Å². The van der Waals surface area contributed by atoms with Crippen molar-refractivity contribution < 1.29 is 61.6 Å². The van der Waals surface area contributed by atoms with Crippen LogP contribution in [0.15, 0.2) is 136 Å². The molecule has 3 saturated heterocycles. The smallest absolute Gasteiger partial charge is 0.233 e. The largest absolute Gasteiger partial charge is 0.480 e. The fourth-order valence-electron chi connectivity index (χ4n) is 14.7. The first-order valence-corrected chi connectivity index (χ1v) is 62.0. The summed E-state index contributed by atoms with van der Waals surface area (Å²) in [4.78, 5) is 24.3. The van der Waals surface area contributed by atoms with Crippen molar-refractivity contribution in [2.24, 2.45) is 26.1 Å². The van der Waals surface area contributed by atoms with Gasteiger partial charge in [-0.2, -0.15) is 15.3 Å². The third-order valence-electron chi connectivity index (χ3n) is 22.1. The van der Waals surface area contributed by atoms with E-state index in [2.05, 4.69) is 179 Å². The number of nitrogens with zero attached hydrogens (tertiary/aromatic N) is 13. The van der Waals surface area contributed by atoms with Crippen molar-refractivity contribution in [3.05, 3.63) is 161 Å². The molecular formula is C96H155N17O13Sn2. The number of methoxy groups -OCH3 is 5. The van der Waals surface area contributed by atoms with Gasteiger partial charge in [-0.15, -0.1) is 25.5 Å². The number of unbranched alkanes of at least 4 members (excludes halogenated alkanes) is 6. The minimum absolute atomic E-state index is 0. The average Bonchev–Trinajstić information content (AvgIpc) is 1.64. The van der Waals surface area contributed by atoms with Crippen LogP contribution in [0.1, 0.15) is 249 Å². The number of benzene rings is 2. The van der Waals surface area contributed by atoms with Gasteiger partial charge in [0.05, 0.1) is 103 Å². The minimum atomic E-state index is -2.19. The fraction of sp³-hybridized carbons (Fsp3) is 0.625. The zero-order valence-electron chi connectivity index (χ0n) is 79.4. The number of aliphatic imine (C=N–C) groups is 3. The predicted molar refractivity (Wildman–Crippen MR) is 515 cm³/mol. The SMILES string of the molecule is C.CC(C)(C1=N[C@@H](c2ccccc2)CO1)C1=N[C@@H](c2ccccc2)CO1.CCC[CH2][Sn]([CH2]CCC)([CH2]CCC)[CH2]OCC(C)N.CCC[CH2][Sn]([CH2]CCC)([CH2]CCC)[CH2]OCC(C)N=Cc1ccc(OC)nn1.COc1ccc(C2COCC(C)N2)nn1.COc1ccc(C=O)nn1.COc1ccc([C@@H]2COC[C@H](C)N2)nn1.COc1ccc([C@H]2COC[C@@H](C)N2)nn1. The molecule has 0 spiro atoms. The molecule has 7 aromatic rings. The van der Waals surface area contributed by atoms with E-state index in [4.69, 9.17) is 72.6 Å². The summed E-state index contributed by atoms with van der Waals surface area (Å²) in [6.07, 6.45) is 18.8. The van der Waals surface area contributed by atoms with Gasteiger partial charge in [-0.1, -0.05) is 68.1 Å². The van der Waals surface area contributed by atoms with E-state index in [9.17, 15) is 4.79 Å². The van der Waals surface area contributed by atoms with E-state index in [0.29, 0.717) is 111 Å². The fourth-order valence-corrected chi connectivity index (χ4v) is 43.5. The van der Waals surface area contributed by atoms with Crippen LogP contribution in [-0.4, -0.2) is 253 Å². The first kappa shape index (κ1) is 111. The van der Waals surface area contributed by atoms with Gasteiger partial charge < -0.3 is 58.6 Å². The molecule has 4 unspecified atom stereocenters. The summed E-state index contributed by atoms with van der Waals surface area (Å²) in [7, 11) is 7.81. The number of aldehydes is 1. The Labute approximate surface area is 773 Å². The molecule has 5 N–H and O–H groups in total. The molecule has 32 heteroatoms. The van der Waals surface area contributed by atoms with E-state index in [0.717, 1.165) is 58.4 Å². The van der Waals surface area contributed by atoms with Gasteiger partial charge in [0, 0.05) is 42.4 Å². The third-order valence-corrected chi connectivity index (χ3v) is 51.0. The Kier molecular flexibility index (Phi) is 54.9. The van der Waals surface area contributed by atoms with Gasteiger partial charge >= 0.3 is 303 Å². The van der Waals surface area contributed by atoms with Crippen molar-refractivity contribution in [3.8, 4) is 29.4 Å². The van der Waals surface area contributed by atoms with E-state index in [-0.39, 0.29) is 49.7 Å². The predicted octanol–water partition coefficient (Wildman–Crippen LogP) is 17.3. The van der Waals surface area contributed by atoms with Crippen LogP contribution in [-0.2, 0) is 33.2 Å². The van der Waals surface area contributed by atoms with Crippen LogP contribution in [0.4, 0.5) is 0 Å². The molecule has 5 aliphatic heterocycles. The van der Waals surface area contributed by atoms with E-state index in [1.54, 1.807) is 52.9 Å². The van der Waals surface area contributed by atoms with Crippen LogP contribution < -0.4 is 45.4 Å². The van der Waals surface area contributed by atoms with Crippen molar-refractivity contribution >= 4 is 61.1 Å². The van der Waals surface area contributed by atoms with Crippen LogP contribution >= 0.6 is 0 Å². The number of carbonyl (C=O) groups excluding carboxylic acids is 1. The number of morpholine rings is 3. The molecule has 2 aromatic carbocycles. The van der Waals surface area contributed by atoms with E-state index in [1.165, 1.54) is 122 Å². The molecule has 0 bridgehead atoms. The molecule has 710 valence electrons. The minimum Gasteiger partial charge on any atom is -0.480 e. The van der Waals surface area contributed by atoms with Gasteiger partial charge in [0.25, 0.3) is 0 Å². The zero-order valence-corrected chi connectivity index (χ0v) is 85.1. The Bertz CT molecular complexity index is 3860. The number of rotatable bonds is 41. The first-order chi connectivity index (χ1) is 61.6. The van der Waals surface area contributed by atoms with Gasteiger partial charge in [0.2, 0.25) is 23.5 Å². The summed E-state index contributed by atoms with van der Waals surface area (Å²) in [6, 6.07) is 40.3.